The van der Waals surface area contributed by atoms with Crippen molar-refractivity contribution in [3.63, 3.8) is 0 Å². The molecule has 0 radical (unpaired) electrons. The van der Waals surface area contributed by atoms with E-state index in [1.807, 2.05) is 80.2 Å². The van der Waals surface area contributed by atoms with Crippen molar-refractivity contribution in [1.29, 1.82) is 0 Å². The van der Waals surface area contributed by atoms with Gasteiger partial charge in [-0.25, -0.2) is 4.98 Å². The van der Waals surface area contributed by atoms with Gasteiger partial charge in [-0.2, -0.15) is 15.0 Å². The number of nitrogens with one attached hydrogen (secondary N) is 2. The number of anilines is 4. The van der Waals surface area contributed by atoms with Crippen molar-refractivity contribution >= 4 is 35.0 Å². The summed E-state index contributed by atoms with van der Waals surface area (Å²) in [5.74, 6) is 2.45. The molecule has 0 atom stereocenters. The Kier molecular flexibility index (Phi) is 7.26. The van der Waals surface area contributed by atoms with E-state index in [9.17, 15) is 0 Å². The quantitative estimate of drug-likeness (QED) is 0.335. The average Bonchev–Trinajstić information content (AvgIpc) is 3.21. The topological polar surface area (TPSA) is 99.0 Å². The van der Waals surface area contributed by atoms with Gasteiger partial charge >= 0.3 is 0 Å². The fourth-order valence-corrected chi connectivity index (χ4v) is 3.65. The molecule has 4 rings (SSSR count). The van der Waals surface area contributed by atoms with E-state index in [1.165, 1.54) is 11.8 Å². The molecular formula is C23H25N7O2S. The highest BCUT2D eigenvalue weighted by Gasteiger charge is 2.12. The molecule has 33 heavy (non-hydrogen) atoms. The van der Waals surface area contributed by atoms with Gasteiger partial charge in [-0.1, -0.05) is 0 Å². The van der Waals surface area contributed by atoms with Crippen molar-refractivity contribution in [1.82, 2.24) is 24.5 Å². The molecule has 2 aromatic carbocycles. The third-order valence-electron chi connectivity index (χ3n) is 4.42. The van der Waals surface area contributed by atoms with Crippen LogP contribution in [0, 0.1) is 0 Å². The molecule has 0 saturated carbocycles. The van der Waals surface area contributed by atoms with Crippen LogP contribution in [0.1, 0.15) is 13.8 Å². The predicted molar refractivity (Wildman–Crippen MR) is 129 cm³/mol. The number of aryl methyl sites for hydroxylation is 1. The molecule has 2 heterocycles. The number of rotatable bonds is 10. The Labute approximate surface area is 196 Å². The van der Waals surface area contributed by atoms with E-state index in [-0.39, 0.29) is 0 Å². The van der Waals surface area contributed by atoms with Crippen LogP contribution in [0.5, 0.6) is 11.5 Å². The van der Waals surface area contributed by atoms with E-state index in [1.54, 1.807) is 6.20 Å². The smallest absolute Gasteiger partial charge is 0.233 e. The Hall–Kier alpha value is -3.79. The zero-order valence-electron chi connectivity index (χ0n) is 18.6. The van der Waals surface area contributed by atoms with Crippen LogP contribution in [-0.4, -0.2) is 37.7 Å². The predicted octanol–water partition coefficient (Wildman–Crippen LogP) is 5.04. The van der Waals surface area contributed by atoms with Crippen LogP contribution in [0.3, 0.4) is 0 Å². The number of aromatic nitrogens is 5. The van der Waals surface area contributed by atoms with E-state index < -0.39 is 0 Å². The van der Waals surface area contributed by atoms with Gasteiger partial charge in [0.1, 0.15) is 11.5 Å². The lowest BCUT2D eigenvalue weighted by Crippen LogP contribution is -2.05. The molecule has 0 unspecified atom stereocenters. The Morgan fingerprint density at radius 3 is 1.73 bits per heavy atom. The molecule has 2 aromatic heterocycles. The molecule has 0 aliphatic heterocycles. The Morgan fingerprint density at radius 2 is 1.30 bits per heavy atom. The summed E-state index contributed by atoms with van der Waals surface area (Å²) in [4.78, 5) is 18.0. The van der Waals surface area contributed by atoms with Gasteiger partial charge in [-0.3, -0.25) is 0 Å². The van der Waals surface area contributed by atoms with E-state index >= 15 is 0 Å². The number of hydrogen-bond acceptors (Lipinski definition) is 9. The van der Waals surface area contributed by atoms with Crippen LogP contribution in [0.2, 0.25) is 0 Å². The molecule has 0 aliphatic carbocycles. The zero-order chi connectivity index (χ0) is 23.0. The van der Waals surface area contributed by atoms with Crippen LogP contribution in [0.25, 0.3) is 0 Å². The first-order valence-corrected chi connectivity index (χ1v) is 11.4. The minimum atomic E-state index is 0.416. The SMILES string of the molecule is CCOc1ccc(Nc2nc(Nc3ccc(OCC)cc3)nc(Sc3nccn3C)n2)cc1. The summed E-state index contributed by atoms with van der Waals surface area (Å²) in [6, 6.07) is 15.3. The Morgan fingerprint density at radius 1 is 0.788 bits per heavy atom. The maximum Gasteiger partial charge on any atom is 0.233 e. The van der Waals surface area contributed by atoms with Crippen molar-refractivity contribution < 1.29 is 9.47 Å². The lowest BCUT2D eigenvalue weighted by atomic mass is 10.3. The monoisotopic (exact) mass is 463 g/mol. The van der Waals surface area contributed by atoms with E-state index in [2.05, 4.69) is 30.6 Å². The normalized spacial score (nSPS) is 10.6. The molecular weight excluding hydrogens is 438 g/mol. The van der Waals surface area contributed by atoms with Crippen molar-refractivity contribution in [2.24, 2.45) is 7.05 Å². The van der Waals surface area contributed by atoms with Gasteiger partial charge < -0.3 is 24.7 Å². The van der Waals surface area contributed by atoms with Gasteiger partial charge in [0.05, 0.1) is 13.2 Å². The van der Waals surface area contributed by atoms with E-state index in [0.29, 0.717) is 30.3 Å². The molecule has 0 aliphatic rings. The third-order valence-corrected chi connectivity index (χ3v) is 5.36. The zero-order valence-corrected chi connectivity index (χ0v) is 19.5. The second-order valence-electron chi connectivity index (χ2n) is 6.85. The molecule has 2 N–H and O–H groups in total. The van der Waals surface area contributed by atoms with Gasteiger partial charge in [0, 0.05) is 30.8 Å². The summed E-state index contributed by atoms with van der Waals surface area (Å²) in [6.07, 6.45) is 3.61. The fourth-order valence-electron chi connectivity index (χ4n) is 2.91. The molecule has 170 valence electrons. The maximum atomic E-state index is 5.51. The highest BCUT2D eigenvalue weighted by atomic mass is 32.2. The summed E-state index contributed by atoms with van der Waals surface area (Å²) < 4.78 is 12.9. The highest BCUT2D eigenvalue weighted by molar-refractivity contribution is 7.99. The molecule has 0 spiro atoms. The summed E-state index contributed by atoms with van der Waals surface area (Å²) in [7, 11) is 1.93. The molecule has 10 heteroatoms. The molecule has 0 fully saturated rings. The summed E-state index contributed by atoms with van der Waals surface area (Å²) >= 11 is 1.36. The van der Waals surface area contributed by atoms with Gasteiger partial charge in [-0.05, 0) is 74.1 Å². The fraction of sp³-hybridized carbons (Fsp3) is 0.217. The molecule has 0 saturated heterocycles. The molecule has 9 nitrogen and oxygen atoms in total. The Bertz CT molecular complexity index is 1110. The van der Waals surface area contributed by atoms with Crippen molar-refractivity contribution in [2.75, 3.05) is 23.8 Å². The van der Waals surface area contributed by atoms with E-state index in [0.717, 1.165) is 28.0 Å². The highest BCUT2D eigenvalue weighted by Crippen LogP contribution is 2.27. The van der Waals surface area contributed by atoms with E-state index in [4.69, 9.17) is 9.47 Å². The summed E-state index contributed by atoms with van der Waals surface area (Å²) in [5.41, 5.74) is 1.68. The number of ether oxygens (including phenoxy) is 2. The van der Waals surface area contributed by atoms with Crippen LogP contribution < -0.4 is 20.1 Å². The summed E-state index contributed by atoms with van der Waals surface area (Å²) in [5, 5.41) is 7.78. The maximum absolute atomic E-state index is 5.51. The lowest BCUT2D eigenvalue weighted by molar-refractivity contribution is 0.340. The number of benzene rings is 2. The average molecular weight is 464 g/mol. The Balaban J connectivity index is 1.59. The van der Waals surface area contributed by atoms with Crippen LogP contribution in [-0.2, 0) is 7.05 Å². The van der Waals surface area contributed by atoms with Gasteiger partial charge in [0.15, 0.2) is 5.16 Å². The minimum Gasteiger partial charge on any atom is -0.494 e. The van der Waals surface area contributed by atoms with Crippen molar-refractivity contribution in [3.8, 4) is 11.5 Å². The van der Waals surface area contributed by atoms with Gasteiger partial charge in [0.2, 0.25) is 17.1 Å². The lowest BCUT2D eigenvalue weighted by Gasteiger charge is -2.11. The minimum absolute atomic E-state index is 0.416. The number of imidazole rings is 1. The second-order valence-corrected chi connectivity index (χ2v) is 7.79. The third kappa shape index (κ3) is 6.13. The second kappa shape index (κ2) is 10.7. The van der Waals surface area contributed by atoms with Crippen LogP contribution in [0.4, 0.5) is 23.3 Å². The number of nitrogens with zero attached hydrogens (tertiary/aromatic N) is 5. The molecule has 0 bridgehead atoms. The first kappa shape index (κ1) is 22.4. The standard InChI is InChI=1S/C23H25N7O2S/c1-4-31-18-10-6-16(7-11-18)25-20-27-21(26-17-8-12-19(13-9-17)32-5-2)29-22(28-20)33-23-24-14-15-30(23)3/h6-15H,4-5H2,1-3H3,(H2,25,26,27,28,29). The largest absolute Gasteiger partial charge is 0.494 e. The van der Waals surface area contributed by atoms with Crippen molar-refractivity contribution in [2.45, 2.75) is 24.2 Å². The van der Waals surface area contributed by atoms with Gasteiger partial charge in [-0.15, -0.1) is 0 Å². The summed E-state index contributed by atoms with van der Waals surface area (Å²) in [6.45, 7) is 5.15. The van der Waals surface area contributed by atoms with Crippen molar-refractivity contribution in [3.05, 3.63) is 60.9 Å². The molecule has 4 aromatic rings. The molecule has 0 amide bonds. The van der Waals surface area contributed by atoms with Gasteiger partial charge in [0.25, 0.3) is 0 Å². The van der Waals surface area contributed by atoms with Crippen LogP contribution in [0.15, 0.2) is 71.2 Å². The number of hydrogen-bond donors (Lipinski definition) is 2. The first-order chi connectivity index (χ1) is 16.1. The van der Waals surface area contributed by atoms with Crippen LogP contribution >= 0.6 is 11.8 Å². The first-order valence-electron chi connectivity index (χ1n) is 10.5.